The lowest BCUT2D eigenvalue weighted by molar-refractivity contribution is -0.148. The molecule has 1 amide bonds. The van der Waals surface area contributed by atoms with Crippen molar-refractivity contribution in [3.05, 3.63) is 0 Å². The molecule has 0 radical (unpaired) electrons. The van der Waals surface area contributed by atoms with Gasteiger partial charge in [-0.25, -0.2) is 4.31 Å². The first-order valence-electron chi connectivity index (χ1n) is 6.34. The van der Waals surface area contributed by atoms with Gasteiger partial charge in [0, 0.05) is 10.7 Å². The second kappa shape index (κ2) is 4.10. The van der Waals surface area contributed by atoms with Gasteiger partial charge in [-0.2, -0.15) is 8.42 Å². The highest BCUT2D eigenvalue weighted by atomic mass is 35.7. The lowest BCUT2D eigenvalue weighted by Gasteiger charge is -2.54. The third kappa shape index (κ3) is 2.27. The Balaban J connectivity index is 2.12. The number of carbonyl (C=O) groups excluding carboxylic acids is 1. The zero-order chi connectivity index (χ0) is 13.8. The van der Waals surface area contributed by atoms with Crippen LogP contribution < -0.4 is 0 Å². The summed E-state index contributed by atoms with van der Waals surface area (Å²) in [6, 6.07) is 0. The molecule has 1 heterocycles. The van der Waals surface area contributed by atoms with E-state index in [2.05, 4.69) is 20.8 Å². The van der Waals surface area contributed by atoms with Crippen molar-refractivity contribution in [1.29, 1.82) is 0 Å². The number of nitrogens with zero attached hydrogens (tertiary/aromatic N) is 1. The number of hydrogen-bond acceptors (Lipinski definition) is 3. The zero-order valence-electron chi connectivity index (χ0n) is 11.1. The number of β-lactam (4-membered cyclic amide) rings is 1. The van der Waals surface area contributed by atoms with Crippen LogP contribution in [0.25, 0.3) is 0 Å². The van der Waals surface area contributed by atoms with E-state index in [9.17, 15) is 13.2 Å². The Hall–Kier alpha value is -0.290. The van der Waals surface area contributed by atoms with Gasteiger partial charge in [0.15, 0.2) is 0 Å². The average molecular weight is 294 g/mol. The summed E-state index contributed by atoms with van der Waals surface area (Å²) in [5, 5.41) is 0. The largest absolute Gasteiger partial charge is 0.324 e. The van der Waals surface area contributed by atoms with Crippen molar-refractivity contribution < 1.29 is 13.2 Å². The summed E-state index contributed by atoms with van der Waals surface area (Å²) in [5.41, 5.74) is -0.278. The molecule has 2 aliphatic rings. The lowest BCUT2D eigenvalue weighted by Crippen LogP contribution is -2.65. The fraction of sp³-hybridized carbons (Fsp3) is 0.917. The summed E-state index contributed by atoms with van der Waals surface area (Å²) < 4.78 is 23.8. The van der Waals surface area contributed by atoms with E-state index in [1.165, 1.54) is 0 Å². The Morgan fingerprint density at radius 1 is 1.28 bits per heavy atom. The maximum Gasteiger partial charge on any atom is 0.324 e. The molecule has 0 atom stereocenters. The molecule has 0 bridgehead atoms. The Kier molecular flexibility index (Phi) is 3.22. The Labute approximate surface area is 113 Å². The molecule has 6 heteroatoms. The van der Waals surface area contributed by atoms with Crippen LogP contribution in [0.1, 0.15) is 52.9 Å². The van der Waals surface area contributed by atoms with Gasteiger partial charge in [-0.1, -0.05) is 20.8 Å². The summed E-state index contributed by atoms with van der Waals surface area (Å²) >= 11 is 0. The van der Waals surface area contributed by atoms with Crippen LogP contribution in [-0.4, -0.2) is 24.2 Å². The highest BCUT2D eigenvalue weighted by molar-refractivity contribution is 8.12. The first-order chi connectivity index (χ1) is 8.06. The maximum absolute atomic E-state index is 11.5. The highest BCUT2D eigenvalue weighted by Crippen LogP contribution is 2.50. The van der Waals surface area contributed by atoms with E-state index in [1.54, 1.807) is 0 Å². The number of carbonyl (C=O) groups is 1. The summed E-state index contributed by atoms with van der Waals surface area (Å²) in [5.74, 6) is 0.220. The normalized spacial score (nSPS) is 33.7. The van der Waals surface area contributed by atoms with Gasteiger partial charge in [-0.3, -0.25) is 4.79 Å². The highest BCUT2D eigenvalue weighted by Gasteiger charge is 2.57. The van der Waals surface area contributed by atoms with E-state index >= 15 is 0 Å². The summed E-state index contributed by atoms with van der Waals surface area (Å²) in [7, 11) is 1.44. The van der Waals surface area contributed by atoms with Crippen LogP contribution >= 0.6 is 10.7 Å². The SMILES string of the molecule is CC(C)(C)C1CCC2(CC1)CC(=O)N2S(=O)(=O)Cl. The molecule has 4 nitrogen and oxygen atoms in total. The topological polar surface area (TPSA) is 54.5 Å². The fourth-order valence-corrected chi connectivity index (χ4v) is 5.04. The van der Waals surface area contributed by atoms with Gasteiger partial charge in [-0.15, -0.1) is 0 Å². The van der Waals surface area contributed by atoms with Crippen LogP contribution in [-0.2, 0) is 14.0 Å². The Morgan fingerprint density at radius 3 is 2.11 bits per heavy atom. The number of halogens is 1. The molecule has 2 fully saturated rings. The van der Waals surface area contributed by atoms with E-state index in [4.69, 9.17) is 10.7 Å². The molecule has 1 aliphatic carbocycles. The van der Waals surface area contributed by atoms with Gasteiger partial charge >= 0.3 is 9.24 Å². The minimum Gasteiger partial charge on any atom is -0.274 e. The van der Waals surface area contributed by atoms with Crippen molar-refractivity contribution in [2.45, 2.75) is 58.4 Å². The van der Waals surface area contributed by atoms with Crippen molar-refractivity contribution in [1.82, 2.24) is 4.31 Å². The second-order valence-corrected chi connectivity index (χ2v) is 9.00. The standard InChI is InChI=1S/C12H20ClNO3S/c1-11(2,3)9-4-6-12(7-5-9)8-10(15)14(12)18(13,16)17/h9H,4-8H2,1-3H3. The number of hydrogen-bond donors (Lipinski definition) is 0. The van der Waals surface area contributed by atoms with Crippen LogP contribution in [0.5, 0.6) is 0 Å². The van der Waals surface area contributed by atoms with Gasteiger partial charge in [0.05, 0.1) is 12.0 Å². The molecule has 2 rings (SSSR count). The lowest BCUT2D eigenvalue weighted by atomic mass is 9.64. The predicted molar refractivity (Wildman–Crippen MR) is 70.4 cm³/mol. The molecule has 0 aromatic heterocycles. The molecule has 1 saturated heterocycles. The fourth-order valence-electron chi connectivity index (χ4n) is 3.35. The monoisotopic (exact) mass is 293 g/mol. The predicted octanol–water partition coefficient (Wildman–Crippen LogP) is 2.68. The molecule has 1 aliphatic heterocycles. The molecule has 0 unspecified atom stereocenters. The molecule has 0 N–H and O–H groups in total. The minimum absolute atomic E-state index is 0.236. The molecule has 1 saturated carbocycles. The molecule has 0 aromatic carbocycles. The second-order valence-electron chi connectivity index (χ2n) is 6.64. The van der Waals surface area contributed by atoms with E-state index in [0.717, 1.165) is 30.0 Å². The minimum atomic E-state index is -3.92. The van der Waals surface area contributed by atoms with Crippen LogP contribution in [0.15, 0.2) is 0 Å². The van der Waals surface area contributed by atoms with Crippen molar-refractivity contribution >= 4 is 25.8 Å². The maximum atomic E-state index is 11.5. The Morgan fingerprint density at radius 2 is 1.78 bits per heavy atom. The number of amides is 1. The van der Waals surface area contributed by atoms with Crippen molar-refractivity contribution in [3.63, 3.8) is 0 Å². The first-order valence-corrected chi connectivity index (χ1v) is 8.61. The smallest absolute Gasteiger partial charge is 0.274 e. The molecule has 0 aromatic rings. The van der Waals surface area contributed by atoms with E-state index < -0.39 is 14.8 Å². The molecule has 104 valence electrons. The van der Waals surface area contributed by atoms with E-state index in [0.29, 0.717) is 12.3 Å². The summed E-state index contributed by atoms with van der Waals surface area (Å²) in [4.78, 5) is 11.5. The van der Waals surface area contributed by atoms with Gasteiger partial charge in [-0.05, 0) is 37.0 Å². The van der Waals surface area contributed by atoms with Crippen molar-refractivity contribution in [2.24, 2.45) is 11.3 Å². The van der Waals surface area contributed by atoms with E-state index in [-0.39, 0.29) is 11.3 Å². The summed E-state index contributed by atoms with van der Waals surface area (Å²) in [6.45, 7) is 6.62. The van der Waals surface area contributed by atoms with Crippen molar-refractivity contribution in [3.8, 4) is 0 Å². The zero-order valence-corrected chi connectivity index (χ0v) is 12.6. The van der Waals surface area contributed by atoms with Gasteiger partial charge < -0.3 is 0 Å². The van der Waals surface area contributed by atoms with Gasteiger partial charge in [0.25, 0.3) is 0 Å². The van der Waals surface area contributed by atoms with Crippen LogP contribution in [0.3, 0.4) is 0 Å². The number of rotatable bonds is 1. The average Bonchev–Trinajstić information content (AvgIpc) is 2.12. The molecule has 1 spiro atoms. The van der Waals surface area contributed by atoms with E-state index in [1.807, 2.05) is 0 Å². The van der Waals surface area contributed by atoms with Crippen LogP contribution in [0.4, 0.5) is 0 Å². The molecule has 18 heavy (non-hydrogen) atoms. The van der Waals surface area contributed by atoms with Crippen LogP contribution in [0.2, 0.25) is 0 Å². The van der Waals surface area contributed by atoms with Gasteiger partial charge in [0.2, 0.25) is 5.91 Å². The Bertz CT molecular complexity index is 458. The van der Waals surface area contributed by atoms with Gasteiger partial charge in [0.1, 0.15) is 0 Å². The quantitative estimate of drug-likeness (QED) is 0.552. The van der Waals surface area contributed by atoms with Crippen LogP contribution in [0, 0.1) is 11.3 Å². The first kappa shape index (κ1) is 14.1. The summed E-state index contributed by atoms with van der Waals surface area (Å²) in [6.07, 6.45) is 3.73. The molecular formula is C12H20ClNO3S. The molecular weight excluding hydrogens is 274 g/mol. The third-order valence-electron chi connectivity index (χ3n) is 4.50. The van der Waals surface area contributed by atoms with Crippen molar-refractivity contribution in [2.75, 3.05) is 0 Å². The third-order valence-corrected chi connectivity index (χ3v) is 5.94.